The van der Waals surface area contributed by atoms with Gasteiger partial charge in [-0.05, 0) is 38.5 Å². The molecular formula is C43H85NO4. The van der Waals surface area contributed by atoms with Crippen LogP contribution in [0.1, 0.15) is 232 Å². The monoisotopic (exact) mass is 680 g/mol. The SMILES string of the molecule is CCCCCCCCCCCCCC/C=C\CCCCCCCCCCC(O)CC(=O)NC(CO)C(O)CCCCCCCCCCC. The van der Waals surface area contributed by atoms with Crippen LogP contribution in [0.25, 0.3) is 0 Å². The molecule has 0 bridgehead atoms. The van der Waals surface area contributed by atoms with E-state index in [0.717, 1.165) is 25.7 Å². The number of unbranched alkanes of at least 4 members (excludes halogenated alkanes) is 28. The van der Waals surface area contributed by atoms with Crippen molar-refractivity contribution >= 4 is 5.91 Å². The number of carbonyl (C=O) groups excluding carboxylic acids is 1. The van der Waals surface area contributed by atoms with Crippen LogP contribution in [0.4, 0.5) is 0 Å². The Bertz CT molecular complexity index is 669. The molecule has 286 valence electrons. The van der Waals surface area contributed by atoms with E-state index < -0.39 is 18.2 Å². The summed E-state index contributed by atoms with van der Waals surface area (Å²) in [5.41, 5.74) is 0. The van der Waals surface area contributed by atoms with Crippen molar-refractivity contribution in [3.8, 4) is 0 Å². The molecule has 0 aliphatic heterocycles. The highest BCUT2D eigenvalue weighted by Gasteiger charge is 2.21. The highest BCUT2D eigenvalue weighted by atomic mass is 16.3. The number of rotatable bonds is 39. The molecule has 0 aliphatic carbocycles. The van der Waals surface area contributed by atoms with Crippen molar-refractivity contribution < 1.29 is 20.1 Å². The standard InChI is InChI=1S/C43H85NO4/c1-3-5-7-9-11-13-14-15-16-17-18-19-20-21-22-23-24-25-26-27-29-30-32-34-36-40(46)38-43(48)44-41(39-45)42(47)37-35-33-31-28-12-10-8-6-4-2/h21-22,40-42,45-47H,3-20,23-39H2,1-2H3,(H,44,48)/b22-21-. The van der Waals surface area contributed by atoms with Crippen LogP contribution >= 0.6 is 0 Å². The summed E-state index contributed by atoms with van der Waals surface area (Å²) in [4.78, 5) is 12.4. The van der Waals surface area contributed by atoms with Crippen LogP contribution in [0.15, 0.2) is 12.2 Å². The predicted octanol–water partition coefficient (Wildman–Crippen LogP) is 12.0. The van der Waals surface area contributed by atoms with Gasteiger partial charge in [-0.15, -0.1) is 0 Å². The van der Waals surface area contributed by atoms with Gasteiger partial charge in [0.1, 0.15) is 0 Å². The van der Waals surface area contributed by atoms with Gasteiger partial charge in [0.2, 0.25) is 5.91 Å². The molecule has 48 heavy (non-hydrogen) atoms. The second-order valence-corrected chi connectivity index (χ2v) is 15.0. The summed E-state index contributed by atoms with van der Waals surface area (Å²) in [6.07, 6.45) is 44.8. The van der Waals surface area contributed by atoms with Crippen molar-refractivity contribution in [2.45, 2.75) is 250 Å². The lowest BCUT2D eigenvalue weighted by molar-refractivity contribution is -0.125. The van der Waals surface area contributed by atoms with Crippen molar-refractivity contribution in [2.75, 3.05) is 6.61 Å². The first kappa shape index (κ1) is 47.1. The number of hydrogen-bond acceptors (Lipinski definition) is 4. The Morgan fingerprint density at radius 2 is 0.833 bits per heavy atom. The number of aliphatic hydroxyl groups is 3. The molecule has 0 aliphatic rings. The van der Waals surface area contributed by atoms with Gasteiger partial charge in [-0.25, -0.2) is 0 Å². The second-order valence-electron chi connectivity index (χ2n) is 15.0. The van der Waals surface area contributed by atoms with Gasteiger partial charge < -0.3 is 20.6 Å². The van der Waals surface area contributed by atoms with E-state index in [0.29, 0.717) is 12.8 Å². The van der Waals surface area contributed by atoms with Gasteiger partial charge in [-0.1, -0.05) is 199 Å². The number of hydrogen-bond donors (Lipinski definition) is 4. The molecule has 0 aromatic rings. The summed E-state index contributed by atoms with van der Waals surface area (Å²) < 4.78 is 0. The van der Waals surface area contributed by atoms with Crippen molar-refractivity contribution in [2.24, 2.45) is 0 Å². The third-order valence-electron chi connectivity index (χ3n) is 10.1. The molecule has 0 aromatic carbocycles. The van der Waals surface area contributed by atoms with Gasteiger partial charge in [0.05, 0.1) is 31.3 Å². The number of amides is 1. The molecule has 0 spiro atoms. The molecule has 3 unspecified atom stereocenters. The summed E-state index contributed by atoms with van der Waals surface area (Å²) in [6, 6.07) is -0.654. The molecule has 0 radical (unpaired) electrons. The minimum Gasteiger partial charge on any atom is -0.394 e. The molecule has 0 aromatic heterocycles. The molecule has 0 saturated heterocycles. The number of aliphatic hydroxyl groups excluding tert-OH is 3. The Kier molecular flexibility index (Phi) is 38.1. The zero-order chi connectivity index (χ0) is 35.2. The third-order valence-corrected chi connectivity index (χ3v) is 10.1. The fourth-order valence-corrected chi connectivity index (χ4v) is 6.75. The van der Waals surface area contributed by atoms with Gasteiger partial charge in [0.25, 0.3) is 0 Å². The molecule has 3 atom stereocenters. The Hall–Kier alpha value is -0.910. The molecule has 0 fully saturated rings. The molecular weight excluding hydrogens is 594 g/mol. The first-order chi connectivity index (χ1) is 23.5. The average molecular weight is 680 g/mol. The first-order valence-electron chi connectivity index (χ1n) is 21.5. The van der Waals surface area contributed by atoms with Crippen molar-refractivity contribution in [1.82, 2.24) is 5.32 Å². The predicted molar refractivity (Wildman–Crippen MR) is 208 cm³/mol. The lowest BCUT2D eigenvalue weighted by Crippen LogP contribution is -2.46. The molecule has 0 heterocycles. The van der Waals surface area contributed by atoms with Crippen LogP contribution in [-0.4, -0.2) is 46.1 Å². The second kappa shape index (κ2) is 38.9. The van der Waals surface area contributed by atoms with E-state index in [1.54, 1.807) is 0 Å². The van der Waals surface area contributed by atoms with E-state index in [-0.39, 0.29) is 18.9 Å². The maximum atomic E-state index is 12.4. The van der Waals surface area contributed by atoms with E-state index in [4.69, 9.17) is 0 Å². The highest BCUT2D eigenvalue weighted by molar-refractivity contribution is 5.76. The molecule has 5 heteroatoms. The minimum absolute atomic E-state index is 0.0368. The van der Waals surface area contributed by atoms with Crippen LogP contribution in [-0.2, 0) is 4.79 Å². The summed E-state index contributed by atoms with van der Waals surface area (Å²) >= 11 is 0. The molecule has 0 saturated carbocycles. The smallest absolute Gasteiger partial charge is 0.222 e. The number of nitrogens with one attached hydrogen (secondary N) is 1. The van der Waals surface area contributed by atoms with E-state index in [1.165, 1.54) is 173 Å². The van der Waals surface area contributed by atoms with Crippen molar-refractivity contribution in [3.05, 3.63) is 12.2 Å². The van der Waals surface area contributed by atoms with E-state index >= 15 is 0 Å². The van der Waals surface area contributed by atoms with E-state index in [9.17, 15) is 20.1 Å². The van der Waals surface area contributed by atoms with Crippen molar-refractivity contribution in [1.29, 1.82) is 0 Å². The van der Waals surface area contributed by atoms with Crippen LogP contribution in [0.3, 0.4) is 0 Å². The molecule has 4 N–H and O–H groups in total. The summed E-state index contributed by atoms with van der Waals surface area (Å²) in [7, 11) is 0. The summed E-state index contributed by atoms with van der Waals surface area (Å²) in [6.45, 7) is 4.24. The van der Waals surface area contributed by atoms with Crippen LogP contribution in [0, 0.1) is 0 Å². The first-order valence-corrected chi connectivity index (χ1v) is 21.5. The van der Waals surface area contributed by atoms with Crippen LogP contribution < -0.4 is 5.32 Å². The van der Waals surface area contributed by atoms with Crippen LogP contribution in [0.2, 0.25) is 0 Å². The number of allylic oxidation sites excluding steroid dienone is 2. The topological polar surface area (TPSA) is 89.8 Å². The largest absolute Gasteiger partial charge is 0.394 e. The quantitative estimate of drug-likeness (QED) is 0.0384. The summed E-state index contributed by atoms with van der Waals surface area (Å²) in [5.74, 6) is -0.285. The maximum absolute atomic E-state index is 12.4. The Morgan fingerprint density at radius 3 is 1.21 bits per heavy atom. The third kappa shape index (κ3) is 34.9. The average Bonchev–Trinajstić information content (AvgIpc) is 3.08. The Labute approximate surface area is 299 Å². The molecule has 0 rings (SSSR count). The van der Waals surface area contributed by atoms with Gasteiger partial charge in [0, 0.05) is 0 Å². The zero-order valence-electron chi connectivity index (χ0n) is 32.4. The fraction of sp³-hybridized carbons (Fsp3) is 0.930. The summed E-state index contributed by atoms with van der Waals surface area (Å²) in [5, 5.41) is 33.2. The van der Waals surface area contributed by atoms with Gasteiger partial charge in [-0.2, -0.15) is 0 Å². The Morgan fingerprint density at radius 1 is 0.500 bits per heavy atom. The van der Waals surface area contributed by atoms with E-state index in [2.05, 4.69) is 31.3 Å². The van der Waals surface area contributed by atoms with Gasteiger partial charge in [0.15, 0.2) is 0 Å². The molecule has 1 amide bonds. The number of carbonyl (C=O) groups is 1. The fourth-order valence-electron chi connectivity index (χ4n) is 6.75. The van der Waals surface area contributed by atoms with Crippen LogP contribution in [0.5, 0.6) is 0 Å². The van der Waals surface area contributed by atoms with Gasteiger partial charge in [-0.3, -0.25) is 4.79 Å². The Balaban J connectivity index is 3.54. The maximum Gasteiger partial charge on any atom is 0.222 e. The highest BCUT2D eigenvalue weighted by Crippen LogP contribution is 2.16. The van der Waals surface area contributed by atoms with Gasteiger partial charge >= 0.3 is 0 Å². The molecule has 5 nitrogen and oxygen atoms in total. The normalized spacial score (nSPS) is 13.7. The zero-order valence-corrected chi connectivity index (χ0v) is 32.4. The van der Waals surface area contributed by atoms with E-state index in [1.807, 2.05) is 0 Å². The van der Waals surface area contributed by atoms with Crippen molar-refractivity contribution in [3.63, 3.8) is 0 Å². The lowest BCUT2D eigenvalue weighted by Gasteiger charge is -2.23. The lowest BCUT2D eigenvalue weighted by atomic mass is 10.0. The minimum atomic E-state index is -0.744.